The molecule has 1 saturated heterocycles. The molecule has 6 nitrogen and oxygen atoms in total. The van der Waals surface area contributed by atoms with E-state index < -0.39 is 21.3 Å². The Hall–Kier alpha value is -1.02. The number of hydrogen-bond donors (Lipinski definition) is 1. The number of carboxylic acid groups (broad SMARTS) is 1. The van der Waals surface area contributed by atoms with E-state index in [4.69, 9.17) is 5.11 Å². The molecule has 2 heterocycles. The van der Waals surface area contributed by atoms with Crippen LogP contribution in [0.5, 0.6) is 0 Å². The number of aliphatic carboxylic acids is 1. The van der Waals surface area contributed by atoms with Crippen LogP contribution in [0.2, 0.25) is 0 Å². The maximum atomic E-state index is 11.8. The van der Waals surface area contributed by atoms with Gasteiger partial charge in [-0.15, -0.1) is 0 Å². The number of rotatable bonds is 6. The Balaban J connectivity index is 2.34. The smallest absolute Gasteiger partial charge is 0.313 e. The van der Waals surface area contributed by atoms with Gasteiger partial charge in [0.2, 0.25) is 0 Å². The van der Waals surface area contributed by atoms with E-state index >= 15 is 0 Å². The van der Waals surface area contributed by atoms with Crippen molar-refractivity contribution in [2.45, 2.75) is 43.7 Å². The Kier molecular flexibility index (Phi) is 4.67. The molecule has 8 heteroatoms. The minimum absolute atomic E-state index is 0.0555. The molecule has 0 bridgehead atoms. The van der Waals surface area contributed by atoms with Crippen LogP contribution in [0.4, 0.5) is 0 Å². The average Bonchev–Trinajstić information content (AvgIpc) is 2.90. The molecule has 1 fully saturated rings. The van der Waals surface area contributed by atoms with E-state index in [0.717, 1.165) is 23.6 Å². The van der Waals surface area contributed by atoms with Crippen LogP contribution < -0.4 is 0 Å². The van der Waals surface area contributed by atoms with Gasteiger partial charge in [0.25, 0.3) is 0 Å². The highest BCUT2D eigenvalue weighted by atomic mass is 32.2. The fourth-order valence-corrected chi connectivity index (χ4v) is 5.56. The summed E-state index contributed by atoms with van der Waals surface area (Å²) in [6, 6.07) is 1.88. The highest BCUT2D eigenvalue weighted by Crippen LogP contribution is 2.34. The maximum absolute atomic E-state index is 11.8. The summed E-state index contributed by atoms with van der Waals surface area (Å²) in [6.07, 6.45) is 2.26. The lowest BCUT2D eigenvalue weighted by molar-refractivity contribution is -0.133. The van der Waals surface area contributed by atoms with Crippen molar-refractivity contribution in [3.63, 3.8) is 0 Å². The fourth-order valence-electron chi connectivity index (χ4n) is 2.57. The second kappa shape index (κ2) is 6.00. The molecule has 21 heavy (non-hydrogen) atoms. The van der Waals surface area contributed by atoms with Gasteiger partial charge >= 0.3 is 5.97 Å². The molecule has 1 unspecified atom stereocenters. The highest BCUT2D eigenvalue weighted by molar-refractivity contribution is 7.99. The van der Waals surface area contributed by atoms with Gasteiger partial charge in [0.15, 0.2) is 9.84 Å². The summed E-state index contributed by atoms with van der Waals surface area (Å²) in [7, 11) is -3.04. The summed E-state index contributed by atoms with van der Waals surface area (Å²) in [5.74, 6) is -0.724. The van der Waals surface area contributed by atoms with E-state index in [-0.39, 0.29) is 17.3 Å². The lowest BCUT2D eigenvalue weighted by Gasteiger charge is -2.25. The monoisotopic (exact) mass is 332 g/mol. The molecule has 0 spiro atoms. The van der Waals surface area contributed by atoms with Gasteiger partial charge < -0.3 is 5.11 Å². The predicted molar refractivity (Wildman–Crippen MR) is 81.5 cm³/mol. The zero-order chi connectivity index (χ0) is 15.7. The summed E-state index contributed by atoms with van der Waals surface area (Å²) in [5.41, 5.74) is 0.307. The van der Waals surface area contributed by atoms with Gasteiger partial charge in [-0.05, 0) is 25.8 Å². The van der Waals surface area contributed by atoms with Gasteiger partial charge in [0.1, 0.15) is 0 Å². The van der Waals surface area contributed by atoms with E-state index in [1.165, 1.54) is 11.8 Å². The lowest BCUT2D eigenvalue weighted by atomic mass is 10.0. The minimum Gasteiger partial charge on any atom is -0.481 e. The van der Waals surface area contributed by atoms with Crippen molar-refractivity contribution in [2.75, 3.05) is 17.3 Å². The number of sulfone groups is 1. The third-order valence-corrected chi connectivity index (χ3v) is 6.44. The Morgan fingerprint density at radius 2 is 2.29 bits per heavy atom. The summed E-state index contributed by atoms with van der Waals surface area (Å²) in [6.45, 7) is 3.93. The van der Waals surface area contributed by atoms with E-state index in [2.05, 4.69) is 5.10 Å². The van der Waals surface area contributed by atoms with Gasteiger partial charge in [-0.3, -0.25) is 9.48 Å². The van der Waals surface area contributed by atoms with Gasteiger partial charge in [-0.2, -0.15) is 5.10 Å². The summed E-state index contributed by atoms with van der Waals surface area (Å²) < 4.78 is 25.3. The van der Waals surface area contributed by atoms with E-state index in [0.29, 0.717) is 6.42 Å². The first-order chi connectivity index (χ1) is 9.76. The third kappa shape index (κ3) is 3.79. The highest BCUT2D eigenvalue weighted by Gasteiger charge is 2.41. The van der Waals surface area contributed by atoms with E-state index in [9.17, 15) is 13.2 Å². The average molecular weight is 332 g/mol. The Bertz CT molecular complexity index is 639. The minimum atomic E-state index is -3.04. The molecule has 0 aliphatic carbocycles. The Morgan fingerprint density at radius 3 is 2.81 bits per heavy atom. The van der Waals surface area contributed by atoms with Crippen LogP contribution in [-0.4, -0.2) is 46.5 Å². The molecule has 2 rings (SSSR count). The maximum Gasteiger partial charge on any atom is 0.313 e. The molecule has 0 amide bonds. The molecule has 1 aromatic rings. The first kappa shape index (κ1) is 16.4. The van der Waals surface area contributed by atoms with Crippen LogP contribution in [0.25, 0.3) is 0 Å². The Labute approximate surface area is 128 Å². The lowest BCUT2D eigenvalue weighted by Crippen LogP contribution is -2.33. The van der Waals surface area contributed by atoms with Crippen LogP contribution in [-0.2, 0) is 26.6 Å². The van der Waals surface area contributed by atoms with Gasteiger partial charge in [0.05, 0.1) is 33.5 Å². The van der Waals surface area contributed by atoms with Crippen molar-refractivity contribution in [1.29, 1.82) is 0 Å². The van der Waals surface area contributed by atoms with Crippen molar-refractivity contribution in [1.82, 2.24) is 9.78 Å². The Morgan fingerprint density at radius 1 is 1.57 bits per heavy atom. The van der Waals surface area contributed by atoms with Crippen molar-refractivity contribution in [3.05, 3.63) is 11.8 Å². The molecule has 1 aliphatic heterocycles. The van der Waals surface area contributed by atoms with Gasteiger partial charge in [0, 0.05) is 0 Å². The topological polar surface area (TPSA) is 89.3 Å². The number of hydrogen-bond acceptors (Lipinski definition) is 5. The molecule has 1 atom stereocenters. The molecule has 0 aromatic carbocycles. The van der Waals surface area contributed by atoms with E-state index in [1.54, 1.807) is 4.68 Å². The number of carbonyl (C=O) groups is 1. The quantitative estimate of drug-likeness (QED) is 0.795. The largest absolute Gasteiger partial charge is 0.481 e. The zero-order valence-corrected chi connectivity index (χ0v) is 13.8. The number of carboxylic acids is 1. The number of aryl methyl sites for hydroxylation is 1. The van der Waals surface area contributed by atoms with Gasteiger partial charge in [-0.1, -0.05) is 25.1 Å². The second-order valence-electron chi connectivity index (χ2n) is 5.66. The molecule has 118 valence electrons. The van der Waals surface area contributed by atoms with Crippen molar-refractivity contribution in [3.8, 4) is 0 Å². The first-order valence-corrected chi connectivity index (χ1v) is 9.71. The van der Waals surface area contributed by atoms with Gasteiger partial charge in [-0.25, -0.2) is 8.42 Å². The first-order valence-electron chi connectivity index (χ1n) is 6.90. The standard InChI is InChI=1S/C13H20N2O4S2/c1-3-4-10-7-11(20-8-12(16)17)15(14-10)13(2)5-6-21(18,19)9-13/h7H,3-6,8-9H2,1-2H3,(H,16,17). The molecular weight excluding hydrogens is 312 g/mol. The van der Waals surface area contributed by atoms with Crippen LogP contribution in [0.3, 0.4) is 0 Å². The number of thioether (sulfide) groups is 1. The SMILES string of the molecule is CCCc1cc(SCC(=O)O)n(C2(C)CCS(=O)(=O)C2)n1. The second-order valence-corrected chi connectivity index (χ2v) is 8.84. The molecular formula is C13H20N2O4S2. The predicted octanol–water partition coefficient (Wildman–Crippen LogP) is 1.55. The number of nitrogens with zero attached hydrogens (tertiary/aromatic N) is 2. The fraction of sp³-hybridized carbons (Fsp3) is 0.692. The van der Waals surface area contributed by atoms with Crippen LogP contribution in [0.1, 0.15) is 32.4 Å². The van der Waals surface area contributed by atoms with Crippen LogP contribution in [0.15, 0.2) is 11.1 Å². The number of aromatic nitrogens is 2. The molecule has 1 aromatic heterocycles. The van der Waals surface area contributed by atoms with Crippen LogP contribution in [0, 0.1) is 0 Å². The summed E-state index contributed by atoms with van der Waals surface area (Å²) in [4.78, 5) is 10.8. The molecule has 1 N–H and O–H groups in total. The zero-order valence-electron chi connectivity index (χ0n) is 12.2. The van der Waals surface area contributed by atoms with Crippen molar-refractivity contribution < 1.29 is 18.3 Å². The molecule has 1 aliphatic rings. The summed E-state index contributed by atoms with van der Waals surface area (Å²) in [5, 5.41) is 14.1. The van der Waals surface area contributed by atoms with Crippen LogP contribution >= 0.6 is 11.8 Å². The van der Waals surface area contributed by atoms with Crippen molar-refractivity contribution >= 4 is 27.6 Å². The normalized spacial score (nSPS) is 24.3. The van der Waals surface area contributed by atoms with Crippen molar-refractivity contribution in [2.24, 2.45) is 0 Å². The third-order valence-electron chi connectivity index (χ3n) is 3.57. The molecule has 0 radical (unpaired) electrons. The molecule has 0 saturated carbocycles. The van der Waals surface area contributed by atoms with E-state index in [1.807, 2.05) is 19.9 Å². The summed E-state index contributed by atoms with van der Waals surface area (Å²) >= 11 is 1.19.